The van der Waals surface area contributed by atoms with Crippen LogP contribution in [-0.4, -0.2) is 21.0 Å². The Morgan fingerprint density at radius 2 is 2.21 bits per heavy atom. The van der Waals surface area contributed by atoms with Crippen molar-refractivity contribution in [3.63, 3.8) is 0 Å². The first-order chi connectivity index (χ1) is 6.45. The maximum Gasteiger partial charge on any atom is 0.0842 e. The Kier molecular flexibility index (Phi) is 3.26. The second-order valence-corrected chi connectivity index (χ2v) is 4.54. The molecule has 1 atom stereocenters. The number of hydrogen-bond donors (Lipinski definition) is 1. The van der Waals surface area contributed by atoms with Crippen LogP contribution in [-0.2, 0) is 13.5 Å². The lowest BCUT2D eigenvalue weighted by molar-refractivity contribution is 0.271. The van der Waals surface area contributed by atoms with Gasteiger partial charge in [-0.05, 0) is 11.8 Å². The number of nitrogens with two attached hydrogens (primary N) is 1. The van der Waals surface area contributed by atoms with Gasteiger partial charge in [0.2, 0.25) is 0 Å². The zero-order valence-corrected chi connectivity index (χ0v) is 9.49. The first kappa shape index (κ1) is 11.2. The van der Waals surface area contributed by atoms with Crippen LogP contribution in [0.5, 0.6) is 0 Å². The van der Waals surface area contributed by atoms with E-state index in [2.05, 4.69) is 31.1 Å². The molecule has 80 valence electrons. The highest BCUT2D eigenvalue weighted by Gasteiger charge is 2.25. The van der Waals surface area contributed by atoms with E-state index in [0.717, 1.165) is 18.5 Å². The van der Waals surface area contributed by atoms with Crippen molar-refractivity contribution in [2.45, 2.75) is 39.7 Å². The molecule has 1 heterocycles. The summed E-state index contributed by atoms with van der Waals surface area (Å²) in [5.74, 6) is 0. The summed E-state index contributed by atoms with van der Waals surface area (Å²) in [6.45, 7) is 6.54. The van der Waals surface area contributed by atoms with Gasteiger partial charge < -0.3 is 5.73 Å². The predicted molar refractivity (Wildman–Crippen MR) is 56.8 cm³/mol. The molecule has 0 fully saturated rings. The molecule has 1 unspecified atom stereocenters. The van der Waals surface area contributed by atoms with Crippen molar-refractivity contribution in [3.05, 3.63) is 11.9 Å². The fraction of sp³-hybridized carbons (Fsp3) is 0.800. The second kappa shape index (κ2) is 4.09. The Balaban J connectivity index is 2.61. The highest BCUT2D eigenvalue weighted by molar-refractivity contribution is 4.98. The highest BCUT2D eigenvalue weighted by atomic mass is 15.4. The smallest absolute Gasteiger partial charge is 0.0842 e. The topological polar surface area (TPSA) is 56.7 Å². The standard InChI is InChI=1S/C10H20N4/c1-5-10(2,3)9(11)6-8-7-14(4)13-12-8/h7,9H,5-6,11H2,1-4H3. The van der Waals surface area contributed by atoms with Crippen LogP contribution in [0.4, 0.5) is 0 Å². The lowest BCUT2D eigenvalue weighted by Gasteiger charge is -2.29. The van der Waals surface area contributed by atoms with Gasteiger partial charge in [-0.2, -0.15) is 0 Å². The molecule has 4 heteroatoms. The molecular formula is C10H20N4. The molecule has 4 nitrogen and oxygen atoms in total. The maximum atomic E-state index is 6.13. The maximum absolute atomic E-state index is 6.13. The van der Waals surface area contributed by atoms with Crippen molar-refractivity contribution in [2.24, 2.45) is 18.2 Å². The summed E-state index contributed by atoms with van der Waals surface area (Å²) in [5.41, 5.74) is 7.26. The third-order valence-electron chi connectivity index (χ3n) is 2.99. The van der Waals surface area contributed by atoms with Gasteiger partial charge >= 0.3 is 0 Å². The van der Waals surface area contributed by atoms with Gasteiger partial charge in [0.15, 0.2) is 0 Å². The normalized spacial score (nSPS) is 14.4. The van der Waals surface area contributed by atoms with E-state index in [1.54, 1.807) is 4.68 Å². The third-order valence-corrected chi connectivity index (χ3v) is 2.99. The average Bonchev–Trinajstić information content (AvgIpc) is 2.51. The SMILES string of the molecule is CCC(C)(C)C(N)Cc1cn(C)nn1. The molecule has 1 rings (SSSR count). The number of rotatable bonds is 4. The lowest BCUT2D eigenvalue weighted by Crippen LogP contribution is -2.38. The van der Waals surface area contributed by atoms with Crippen molar-refractivity contribution in [3.8, 4) is 0 Å². The Bertz CT molecular complexity index is 290. The number of aromatic nitrogens is 3. The molecule has 0 bridgehead atoms. The van der Waals surface area contributed by atoms with Crippen LogP contribution < -0.4 is 5.73 Å². The van der Waals surface area contributed by atoms with Crippen LogP contribution in [0.1, 0.15) is 32.9 Å². The summed E-state index contributed by atoms with van der Waals surface area (Å²) >= 11 is 0. The predicted octanol–water partition coefficient (Wildman–Crippen LogP) is 1.12. The van der Waals surface area contributed by atoms with E-state index in [9.17, 15) is 0 Å². The third kappa shape index (κ3) is 2.54. The fourth-order valence-corrected chi connectivity index (χ4v) is 1.25. The van der Waals surface area contributed by atoms with E-state index < -0.39 is 0 Å². The van der Waals surface area contributed by atoms with Crippen molar-refractivity contribution < 1.29 is 0 Å². The number of nitrogens with zero attached hydrogens (tertiary/aromatic N) is 3. The van der Waals surface area contributed by atoms with Gasteiger partial charge in [-0.1, -0.05) is 26.0 Å². The first-order valence-electron chi connectivity index (χ1n) is 5.06. The molecule has 0 aliphatic rings. The molecule has 1 aromatic rings. The Morgan fingerprint density at radius 1 is 1.57 bits per heavy atom. The largest absolute Gasteiger partial charge is 0.327 e. The molecule has 1 aromatic heterocycles. The molecule has 0 aromatic carbocycles. The summed E-state index contributed by atoms with van der Waals surface area (Å²) < 4.78 is 1.71. The Hall–Kier alpha value is -0.900. The molecule has 14 heavy (non-hydrogen) atoms. The van der Waals surface area contributed by atoms with Crippen molar-refractivity contribution in [1.29, 1.82) is 0 Å². The van der Waals surface area contributed by atoms with E-state index in [4.69, 9.17) is 5.73 Å². The summed E-state index contributed by atoms with van der Waals surface area (Å²) in [6, 6.07) is 0.143. The minimum atomic E-state index is 0.143. The zero-order valence-electron chi connectivity index (χ0n) is 9.49. The fourth-order valence-electron chi connectivity index (χ4n) is 1.25. The van der Waals surface area contributed by atoms with Gasteiger partial charge in [0, 0.05) is 25.7 Å². The van der Waals surface area contributed by atoms with Gasteiger partial charge in [-0.3, -0.25) is 4.68 Å². The Morgan fingerprint density at radius 3 is 2.64 bits per heavy atom. The lowest BCUT2D eigenvalue weighted by atomic mass is 9.80. The summed E-state index contributed by atoms with van der Waals surface area (Å²) in [5, 5.41) is 7.93. The summed E-state index contributed by atoms with van der Waals surface area (Å²) in [7, 11) is 1.87. The van der Waals surface area contributed by atoms with Crippen LogP contribution in [0, 0.1) is 5.41 Å². The zero-order chi connectivity index (χ0) is 10.8. The van der Waals surface area contributed by atoms with E-state index in [-0.39, 0.29) is 11.5 Å². The number of aryl methyl sites for hydroxylation is 1. The van der Waals surface area contributed by atoms with Gasteiger partial charge in [0.25, 0.3) is 0 Å². The van der Waals surface area contributed by atoms with E-state index in [1.165, 1.54) is 0 Å². The van der Waals surface area contributed by atoms with Crippen LogP contribution in [0.2, 0.25) is 0 Å². The second-order valence-electron chi connectivity index (χ2n) is 4.54. The van der Waals surface area contributed by atoms with Gasteiger partial charge in [-0.15, -0.1) is 5.10 Å². The molecule has 0 amide bonds. The van der Waals surface area contributed by atoms with Crippen molar-refractivity contribution in [2.75, 3.05) is 0 Å². The van der Waals surface area contributed by atoms with Gasteiger partial charge in [-0.25, -0.2) is 0 Å². The minimum absolute atomic E-state index is 0.143. The highest BCUT2D eigenvalue weighted by Crippen LogP contribution is 2.25. The first-order valence-corrected chi connectivity index (χ1v) is 5.06. The summed E-state index contributed by atoms with van der Waals surface area (Å²) in [4.78, 5) is 0. The molecular weight excluding hydrogens is 176 g/mol. The van der Waals surface area contributed by atoms with Gasteiger partial charge in [0.05, 0.1) is 5.69 Å². The van der Waals surface area contributed by atoms with E-state index >= 15 is 0 Å². The minimum Gasteiger partial charge on any atom is -0.327 e. The van der Waals surface area contributed by atoms with Crippen LogP contribution in [0.15, 0.2) is 6.20 Å². The van der Waals surface area contributed by atoms with E-state index in [1.807, 2.05) is 13.2 Å². The molecule has 0 aliphatic carbocycles. The van der Waals surface area contributed by atoms with Crippen LogP contribution in [0.3, 0.4) is 0 Å². The monoisotopic (exact) mass is 196 g/mol. The van der Waals surface area contributed by atoms with Gasteiger partial charge in [0.1, 0.15) is 0 Å². The average molecular weight is 196 g/mol. The van der Waals surface area contributed by atoms with E-state index in [0.29, 0.717) is 0 Å². The van der Waals surface area contributed by atoms with Crippen molar-refractivity contribution >= 4 is 0 Å². The quantitative estimate of drug-likeness (QED) is 0.785. The van der Waals surface area contributed by atoms with Crippen LogP contribution in [0.25, 0.3) is 0 Å². The molecule has 0 saturated carbocycles. The molecule has 0 spiro atoms. The van der Waals surface area contributed by atoms with Crippen LogP contribution >= 0.6 is 0 Å². The summed E-state index contributed by atoms with van der Waals surface area (Å²) in [6.07, 6.45) is 3.80. The molecule has 0 saturated heterocycles. The van der Waals surface area contributed by atoms with Crippen molar-refractivity contribution in [1.82, 2.24) is 15.0 Å². The molecule has 0 aliphatic heterocycles. The number of hydrogen-bond acceptors (Lipinski definition) is 3. The molecule has 2 N–H and O–H groups in total. The Labute approximate surface area is 85.5 Å². The molecule has 0 radical (unpaired) electrons.